The van der Waals surface area contributed by atoms with E-state index in [-0.39, 0.29) is 0 Å². The van der Waals surface area contributed by atoms with Gasteiger partial charge in [-0.2, -0.15) is 0 Å². The Balaban J connectivity index is 1.07. The third-order valence-corrected chi connectivity index (χ3v) is 14.6. The van der Waals surface area contributed by atoms with Gasteiger partial charge in [-0.1, -0.05) is 212 Å². The second kappa shape index (κ2) is 14.7. The Hall–Kier alpha value is -8.72. The van der Waals surface area contributed by atoms with Gasteiger partial charge in [0.05, 0.1) is 27.8 Å². The highest BCUT2D eigenvalue weighted by molar-refractivity contribution is 6.12. The van der Waals surface area contributed by atoms with Gasteiger partial charge >= 0.3 is 0 Å². The Kier molecular flexibility index (Phi) is 8.23. The summed E-state index contributed by atoms with van der Waals surface area (Å²) >= 11 is 0. The average molecular weight is 851 g/mol. The van der Waals surface area contributed by atoms with Gasteiger partial charge in [0.25, 0.3) is 0 Å². The Morgan fingerprint density at radius 1 is 0.313 bits per heavy atom. The van der Waals surface area contributed by atoms with Gasteiger partial charge < -0.3 is 9.47 Å². The minimum atomic E-state index is -0.547. The molecule has 1 spiro atoms. The van der Waals surface area contributed by atoms with E-state index in [0.29, 0.717) is 0 Å². The van der Waals surface area contributed by atoms with E-state index in [0.717, 1.165) is 28.3 Å². The van der Waals surface area contributed by atoms with Crippen LogP contribution in [0.3, 0.4) is 0 Å². The highest BCUT2D eigenvalue weighted by Crippen LogP contribution is 2.62. The standard InChI is InChI=1S/C65H42N2/c1-3-19-43(20-4-1)48-25-9-14-34-60(48)66(47-38-40-54-53-29-11-16-36-62(53)67(63(54)42-47)61-35-15-10-26-49(61)44-21-5-2-6-22-44)46-37-39-52-50-27-7-12-31-56(50)65(59(52)41-46)57-32-13-8-28-51(57)55-30-17-23-45-24-18-33-58(65)64(45)55/h1-42H. The van der Waals surface area contributed by atoms with E-state index >= 15 is 0 Å². The molecule has 0 bridgehead atoms. The molecule has 2 nitrogen and oxygen atoms in total. The molecule has 0 fully saturated rings. The zero-order valence-corrected chi connectivity index (χ0v) is 36.6. The van der Waals surface area contributed by atoms with Crippen LogP contribution in [0, 0.1) is 0 Å². The van der Waals surface area contributed by atoms with Crippen LogP contribution in [0.4, 0.5) is 17.1 Å². The molecule has 1 heterocycles. The van der Waals surface area contributed by atoms with Crippen LogP contribution < -0.4 is 4.90 Å². The maximum absolute atomic E-state index is 2.52. The van der Waals surface area contributed by atoms with Crippen LogP contribution in [0.5, 0.6) is 0 Å². The summed E-state index contributed by atoms with van der Waals surface area (Å²) in [6, 6.07) is 94.5. The molecule has 2 aliphatic carbocycles. The van der Waals surface area contributed by atoms with E-state index in [2.05, 4.69) is 264 Å². The van der Waals surface area contributed by atoms with Gasteiger partial charge in [0, 0.05) is 33.3 Å². The lowest BCUT2D eigenvalue weighted by Gasteiger charge is -2.40. The molecular weight excluding hydrogens is 809 g/mol. The van der Waals surface area contributed by atoms with Crippen LogP contribution >= 0.6 is 0 Å². The number of nitrogens with zero attached hydrogens (tertiary/aromatic N) is 2. The van der Waals surface area contributed by atoms with Crippen molar-refractivity contribution in [3.8, 4) is 50.2 Å². The minimum absolute atomic E-state index is 0.547. The monoisotopic (exact) mass is 850 g/mol. The summed E-state index contributed by atoms with van der Waals surface area (Å²) in [7, 11) is 0. The summed E-state index contributed by atoms with van der Waals surface area (Å²) < 4.78 is 2.48. The lowest BCUT2D eigenvalue weighted by Crippen LogP contribution is -2.32. The number of fused-ring (bicyclic) bond motifs is 12. The Bertz CT molecular complexity index is 3930. The number of anilines is 3. The molecule has 0 amide bonds. The highest BCUT2D eigenvalue weighted by Gasteiger charge is 2.50. The van der Waals surface area contributed by atoms with Gasteiger partial charge in [0.15, 0.2) is 0 Å². The zero-order chi connectivity index (χ0) is 44.1. The predicted octanol–water partition coefficient (Wildman–Crippen LogP) is 17.1. The second-order valence-corrected chi connectivity index (χ2v) is 17.9. The fourth-order valence-electron chi connectivity index (χ4n) is 11.9. The van der Waals surface area contributed by atoms with Gasteiger partial charge in [-0.25, -0.2) is 0 Å². The van der Waals surface area contributed by atoms with Crippen molar-refractivity contribution in [1.29, 1.82) is 0 Å². The molecule has 11 aromatic carbocycles. The summed E-state index contributed by atoms with van der Waals surface area (Å²) in [5, 5.41) is 5.04. The molecule has 0 saturated carbocycles. The summed E-state index contributed by atoms with van der Waals surface area (Å²) in [6.07, 6.45) is 0. The molecule has 0 aliphatic heterocycles. The predicted molar refractivity (Wildman–Crippen MR) is 280 cm³/mol. The summed E-state index contributed by atoms with van der Waals surface area (Å²) in [6.45, 7) is 0. The maximum atomic E-state index is 2.52. The number of hydrogen-bond acceptors (Lipinski definition) is 1. The first-order valence-corrected chi connectivity index (χ1v) is 23.3. The van der Waals surface area contributed by atoms with Crippen LogP contribution in [0.2, 0.25) is 0 Å². The summed E-state index contributed by atoms with van der Waals surface area (Å²) in [5.41, 5.74) is 21.4. The molecule has 1 aromatic heterocycles. The van der Waals surface area contributed by atoms with Crippen molar-refractivity contribution in [2.24, 2.45) is 0 Å². The van der Waals surface area contributed by atoms with Crippen LogP contribution in [0.1, 0.15) is 22.3 Å². The summed E-state index contributed by atoms with van der Waals surface area (Å²) in [5.74, 6) is 0. The van der Waals surface area contributed by atoms with Crippen molar-refractivity contribution in [2.75, 3.05) is 4.90 Å². The largest absolute Gasteiger partial charge is 0.310 e. The van der Waals surface area contributed by atoms with Gasteiger partial charge in [0.1, 0.15) is 0 Å². The van der Waals surface area contributed by atoms with Crippen LogP contribution in [0.25, 0.3) is 82.8 Å². The van der Waals surface area contributed by atoms with E-state index in [4.69, 9.17) is 0 Å². The molecule has 2 aliphatic rings. The maximum Gasteiger partial charge on any atom is 0.0726 e. The zero-order valence-electron chi connectivity index (χ0n) is 36.6. The first kappa shape index (κ1) is 37.6. The van der Waals surface area contributed by atoms with Gasteiger partial charge in [-0.15, -0.1) is 0 Å². The number of benzene rings is 11. The third kappa shape index (κ3) is 5.39. The van der Waals surface area contributed by atoms with Crippen molar-refractivity contribution in [2.45, 2.75) is 5.41 Å². The molecule has 1 atom stereocenters. The number of para-hydroxylation sites is 3. The lowest BCUT2D eigenvalue weighted by atomic mass is 9.61. The van der Waals surface area contributed by atoms with Crippen molar-refractivity contribution < 1.29 is 0 Å². The second-order valence-electron chi connectivity index (χ2n) is 17.9. The van der Waals surface area contributed by atoms with E-state index < -0.39 is 5.41 Å². The first-order chi connectivity index (χ1) is 33.3. The average Bonchev–Trinajstić information content (AvgIpc) is 3.88. The van der Waals surface area contributed by atoms with Gasteiger partial charge in [-0.3, -0.25) is 0 Å². The van der Waals surface area contributed by atoms with E-state index in [1.54, 1.807) is 0 Å². The van der Waals surface area contributed by atoms with Crippen molar-refractivity contribution >= 4 is 49.6 Å². The molecule has 2 heteroatoms. The fourth-order valence-corrected chi connectivity index (χ4v) is 11.9. The molecule has 0 radical (unpaired) electrons. The quantitative estimate of drug-likeness (QED) is 0.162. The minimum Gasteiger partial charge on any atom is -0.310 e. The van der Waals surface area contributed by atoms with Crippen LogP contribution in [0.15, 0.2) is 255 Å². The fraction of sp³-hybridized carbons (Fsp3) is 0.0154. The SMILES string of the molecule is c1ccc(-c2ccccc2N(c2ccc3c(c2)C2(c4ccccc4-3)c3ccccc3-c3cccc4cccc2c34)c2ccc3c4ccccc4n(-c4ccccc4-c4ccccc4)c3c2)cc1. The van der Waals surface area contributed by atoms with E-state index in [1.807, 2.05) is 0 Å². The molecule has 0 saturated heterocycles. The van der Waals surface area contributed by atoms with E-state index in [1.165, 1.54) is 93.8 Å². The number of rotatable bonds is 6. The molecular formula is C65H42N2. The van der Waals surface area contributed by atoms with Gasteiger partial charge in [-0.05, 0) is 109 Å². The molecule has 312 valence electrons. The molecule has 0 N–H and O–H groups in total. The van der Waals surface area contributed by atoms with Gasteiger partial charge in [0.2, 0.25) is 0 Å². The number of hydrogen-bond donors (Lipinski definition) is 0. The summed E-state index contributed by atoms with van der Waals surface area (Å²) in [4.78, 5) is 2.51. The molecule has 14 rings (SSSR count). The van der Waals surface area contributed by atoms with Crippen LogP contribution in [-0.4, -0.2) is 4.57 Å². The van der Waals surface area contributed by atoms with E-state index in [9.17, 15) is 0 Å². The molecule has 1 unspecified atom stereocenters. The topological polar surface area (TPSA) is 8.17 Å². The van der Waals surface area contributed by atoms with Crippen molar-refractivity contribution in [3.05, 3.63) is 277 Å². The highest BCUT2D eigenvalue weighted by atomic mass is 15.1. The Labute approximate surface area is 389 Å². The van der Waals surface area contributed by atoms with Crippen molar-refractivity contribution in [1.82, 2.24) is 4.57 Å². The van der Waals surface area contributed by atoms with Crippen molar-refractivity contribution in [3.63, 3.8) is 0 Å². The third-order valence-electron chi connectivity index (χ3n) is 14.6. The Morgan fingerprint density at radius 3 is 1.61 bits per heavy atom. The first-order valence-electron chi connectivity index (χ1n) is 23.3. The normalized spacial score (nSPS) is 14.3. The lowest BCUT2D eigenvalue weighted by molar-refractivity contribution is 0.773. The molecule has 67 heavy (non-hydrogen) atoms. The van der Waals surface area contributed by atoms with Crippen LogP contribution in [-0.2, 0) is 5.41 Å². The molecule has 12 aromatic rings. The number of aromatic nitrogens is 1. The Morgan fingerprint density at radius 2 is 0.836 bits per heavy atom. The smallest absolute Gasteiger partial charge is 0.0726 e.